The zero-order chi connectivity index (χ0) is 25.2. The van der Waals surface area contributed by atoms with Crippen molar-refractivity contribution in [3.8, 4) is 11.5 Å². The Morgan fingerprint density at radius 3 is 2.34 bits per heavy atom. The minimum atomic E-state index is -3.67. The second-order valence-electron chi connectivity index (χ2n) is 7.82. The van der Waals surface area contributed by atoms with Gasteiger partial charge in [-0.1, -0.05) is 24.3 Å². The summed E-state index contributed by atoms with van der Waals surface area (Å²) in [4.78, 5) is 24.1. The fourth-order valence-corrected chi connectivity index (χ4v) is 5.40. The van der Waals surface area contributed by atoms with E-state index in [2.05, 4.69) is 5.32 Å². The third-order valence-corrected chi connectivity index (χ3v) is 7.62. The van der Waals surface area contributed by atoms with Crippen LogP contribution in [0.2, 0.25) is 0 Å². The number of carbonyl (C=O) groups is 1. The molecule has 0 atom stereocenters. The van der Waals surface area contributed by atoms with E-state index >= 15 is 0 Å². The summed E-state index contributed by atoms with van der Waals surface area (Å²) in [7, 11) is -0.960. The molecule has 0 saturated heterocycles. The minimum Gasteiger partial charge on any atom is -0.493 e. The van der Waals surface area contributed by atoms with Crippen molar-refractivity contribution in [1.29, 1.82) is 0 Å². The third kappa shape index (κ3) is 4.81. The zero-order valence-electron chi connectivity index (χ0n) is 19.1. The summed E-state index contributed by atoms with van der Waals surface area (Å²) in [5.74, 6) is -0.401. The summed E-state index contributed by atoms with van der Waals surface area (Å²) in [6.07, 6.45) is 0.525. The van der Waals surface area contributed by atoms with E-state index in [-0.39, 0.29) is 28.5 Å². The average molecular weight is 498 g/mol. The van der Waals surface area contributed by atoms with Gasteiger partial charge >= 0.3 is 0 Å². The molecule has 1 aliphatic heterocycles. The van der Waals surface area contributed by atoms with Crippen molar-refractivity contribution < 1.29 is 27.6 Å². The summed E-state index contributed by atoms with van der Waals surface area (Å²) in [5, 5.41) is 14.2. The minimum absolute atomic E-state index is 0.129. The van der Waals surface area contributed by atoms with E-state index in [4.69, 9.17) is 9.47 Å². The van der Waals surface area contributed by atoms with Gasteiger partial charge in [0.25, 0.3) is 11.6 Å². The highest BCUT2D eigenvalue weighted by atomic mass is 32.2. The SMILES string of the molecule is COc1cc(C(=O)Nc2ccc3c(c2)CN(S(=O)(=O)c2ccccc2)CC3)c([N+](=O)[O-])cc1OC. The summed E-state index contributed by atoms with van der Waals surface area (Å²) in [6.45, 7) is 0.487. The first-order chi connectivity index (χ1) is 16.7. The van der Waals surface area contributed by atoms with Gasteiger partial charge in [0, 0.05) is 24.8 Å². The van der Waals surface area contributed by atoms with Crippen LogP contribution in [0.25, 0.3) is 0 Å². The quantitative estimate of drug-likeness (QED) is 0.390. The molecule has 0 bridgehead atoms. The summed E-state index contributed by atoms with van der Waals surface area (Å²) in [5.41, 5.74) is 1.48. The van der Waals surface area contributed by atoms with E-state index < -0.39 is 26.5 Å². The number of ether oxygens (including phenoxy) is 2. The van der Waals surface area contributed by atoms with Gasteiger partial charge in [0.1, 0.15) is 5.56 Å². The van der Waals surface area contributed by atoms with Crippen LogP contribution in [0.5, 0.6) is 11.5 Å². The predicted molar refractivity (Wildman–Crippen MR) is 128 cm³/mol. The van der Waals surface area contributed by atoms with Gasteiger partial charge in [0.05, 0.1) is 30.1 Å². The van der Waals surface area contributed by atoms with Crippen LogP contribution < -0.4 is 14.8 Å². The summed E-state index contributed by atoms with van der Waals surface area (Å²) < 4.78 is 37.7. The van der Waals surface area contributed by atoms with Crippen LogP contribution in [0, 0.1) is 10.1 Å². The average Bonchev–Trinajstić information content (AvgIpc) is 2.87. The van der Waals surface area contributed by atoms with Crippen molar-refractivity contribution in [3.05, 3.63) is 87.5 Å². The summed E-state index contributed by atoms with van der Waals surface area (Å²) in [6, 6.07) is 15.8. The van der Waals surface area contributed by atoms with Crippen molar-refractivity contribution in [2.45, 2.75) is 17.9 Å². The number of hydrogen-bond donors (Lipinski definition) is 1. The van der Waals surface area contributed by atoms with Crippen molar-refractivity contribution in [2.24, 2.45) is 0 Å². The van der Waals surface area contributed by atoms with Crippen LogP contribution in [-0.4, -0.2) is 44.3 Å². The zero-order valence-corrected chi connectivity index (χ0v) is 19.9. The highest BCUT2D eigenvalue weighted by Crippen LogP contribution is 2.35. The lowest BCUT2D eigenvalue weighted by Crippen LogP contribution is -2.36. The van der Waals surface area contributed by atoms with Gasteiger partial charge in [-0.05, 0) is 41.8 Å². The Labute approximate surface area is 202 Å². The summed E-state index contributed by atoms with van der Waals surface area (Å²) >= 11 is 0. The lowest BCUT2D eigenvalue weighted by atomic mass is 10.0. The number of carbonyl (C=O) groups excluding carboxylic acids is 1. The van der Waals surface area contributed by atoms with Gasteiger partial charge in [-0.15, -0.1) is 0 Å². The first kappa shape index (κ1) is 24.2. The number of nitro benzene ring substituents is 1. The molecule has 0 spiro atoms. The Morgan fingerprint density at radius 1 is 1.00 bits per heavy atom. The van der Waals surface area contributed by atoms with Crippen molar-refractivity contribution in [3.63, 3.8) is 0 Å². The molecule has 1 N–H and O–H groups in total. The molecule has 0 aromatic heterocycles. The normalized spacial score (nSPS) is 13.5. The number of nitro groups is 1. The largest absolute Gasteiger partial charge is 0.493 e. The van der Waals surface area contributed by atoms with E-state index in [1.54, 1.807) is 42.5 Å². The Balaban J connectivity index is 1.60. The number of benzene rings is 3. The van der Waals surface area contributed by atoms with Crippen LogP contribution in [0.4, 0.5) is 11.4 Å². The molecule has 0 radical (unpaired) electrons. The monoisotopic (exact) mass is 497 g/mol. The lowest BCUT2D eigenvalue weighted by Gasteiger charge is -2.28. The second-order valence-corrected chi connectivity index (χ2v) is 9.76. The molecule has 182 valence electrons. The van der Waals surface area contributed by atoms with Crippen molar-refractivity contribution >= 4 is 27.3 Å². The molecule has 1 aliphatic rings. The molecule has 10 nitrogen and oxygen atoms in total. The number of nitrogens with zero attached hydrogens (tertiary/aromatic N) is 2. The maximum atomic E-state index is 13.0. The Hall–Kier alpha value is -3.96. The number of fused-ring (bicyclic) bond motifs is 1. The molecule has 0 aliphatic carbocycles. The van der Waals surface area contributed by atoms with E-state index in [0.717, 1.165) is 17.2 Å². The molecule has 35 heavy (non-hydrogen) atoms. The Kier molecular flexibility index (Phi) is 6.72. The lowest BCUT2D eigenvalue weighted by molar-refractivity contribution is -0.385. The standard InChI is InChI=1S/C24H23N3O7S/c1-33-22-13-20(21(27(29)30)14-23(22)34-2)24(28)25-18-9-8-16-10-11-26(15-17(16)12-18)35(31,32)19-6-4-3-5-7-19/h3-9,12-14H,10-11,15H2,1-2H3,(H,25,28). The molecule has 4 rings (SSSR count). The van der Waals surface area contributed by atoms with E-state index in [0.29, 0.717) is 18.7 Å². The smallest absolute Gasteiger partial charge is 0.286 e. The number of rotatable bonds is 7. The molecule has 0 unspecified atom stereocenters. The second kappa shape index (κ2) is 9.72. The molecule has 1 amide bonds. The first-order valence-corrected chi connectivity index (χ1v) is 12.1. The maximum absolute atomic E-state index is 13.0. The van der Waals surface area contributed by atoms with Gasteiger partial charge in [-0.25, -0.2) is 8.42 Å². The van der Waals surface area contributed by atoms with E-state index in [1.165, 1.54) is 24.6 Å². The van der Waals surface area contributed by atoms with Crippen LogP contribution in [0.3, 0.4) is 0 Å². The molecule has 0 fully saturated rings. The molecular formula is C24H23N3O7S. The van der Waals surface area contributed by atoms with Crippen LogP contribution in [-0.2, 0) is 23.0 Å². The van der Waals surface area contributed by atoms with Crippen LogP contribution in [0.15, 0.2) is 65.6 Å². The molecular weight excluding hydrogens is 474 g/mol. The number of nitrogens with one attached hydrogen (secondary N) is 1. The van der Waals surface area contributed by atoms with Crippen LogP contribution >= 0.6 is 0 Å². The van der Waals surface area contributed by atoms with Gasteiger partial charge in [0.2, 0.25) is 10.0 Å². The third-order valence-electron chi connectivity index (χ3n) is 5.77. The first-order valence-electron chi connectivity index (χ1n) is 10.6. The maximum Gasteiger partial charge on any atom is 0.286 e. The Morgan fingerprint density at radius 2 is 1.69 bits per heavy atom. The van der Waals surface area contributed by atoms with Crippen LogP contribution in [0.1, 0.15) is 21.5 Å². The molecule has 0 saturated carbocycles. The van der Waals surface area contributed by atoms with Crippen molar-refractivity contribution in [1.82, 2.24) is 4.31 Å². The number of anilines is 1. The highest BCUT2D eigenvalue weighted by Gasteiger charge is 2.29. The Bertz CT molecular complexity index is 1390. The molecule has 1 heterocycles. The highest BCUT2D eigenvalue weighted by molar-refractivity contribution is 7.89. The van der Waals surface area contributed by atoms with Gasteiger partial charge < -0.3 is 14.8 Å². The number of hydrogen-bond acceptors (Lipinski definition) is 7. The predicted octanol–water partition coefficient (Wildman–Crippen LogP) is 3.61. The van der Waals surface area contributed by atoms with Gasteiger partial charge in [-0.2, -0.15) is 4.31 Å². The number of sulfonamides is 1. The molecule has 3 aromatic carbocycles. The van der Waals surface area contributed by atoms with E-state index in [1.807, 2.05) is 6.07 Å². The van der Waals surface area contributed by atoms with Gasteiger partial charge in [0.15, 0.2) is 11.5 Å². The number of amides is 1. The fourth-order valence-electron chi connectivity index (χ4n) is 3.96. The van der Waals surface area contributed by atoms with Gasteiger partial charge in [-0.3, -0.25) is 14.9 Å². The fraction of sp³-hybridized carbons (Fsp3) is 0.208. The van der Waals surface area contributed by atoms with Crippen molar-refractivity contribution in [2.75, 3.05) is 26.1 Å². The molecule has 11 heteroatoms. The molecule has 3 aromatic rings. The van der Waals surface area contributed by atoms with E-state index in [9.17, 15) is 23.3 Å². The topological polar surface area (TPSA) is 128 Å². The number of methoxy groups -OCH3 is 2.